The topological polar surface area (TPSA) is 17.0 Å². The lowest BCUT2D eigenvalue weighted by Crippen LogP contribution is -2.04. The number of allylic oxidation sites excluding steroid dienone is 1. The molecule has 1 atom stereocenters. The number of rotatable bonds is 2. The Morgan fingerprint density at radius 1 is 0.510 bits per heavy atom. The minimum absolute atomic E-state index is 0.587. The molecule has 0 spiro atoms. The summed E-state index contributed by atoms with van der Waals surface area (Å²) < 4.78 is 2.43. The quantitative estimate of drug-likeness (QED) is 0.202. The van der Waals surface area contributed by atoms with Gasteiger partial charge in [0.1, 0.15) is 0 Å². The Morgan fingerprint density at radius 3 is 2.14 bits per heavy atom. The Bertz CT molecular complexity index is 2640. The highest BCUT2D eigenvalue weighted by atomic mass is 15.0. The molecule has 1 N–H and O–H groups in total. The van der Waals surface area contributed by atoms with E-state index in [0.717, 1.165) is 17.8 Å². The Morgan fingerprint density at radius 2 is 1.22 bits per heavy atom. The van der Waals surface area contributed by atoms with Crippen LogP contribution in [0.3, 0.4) is 0 Å². The first-order valence-electron chi connectivity index (χ1n) is 17.2. The van der Waals surface area contributed by atoms with E-state index in [1.807, 2.05) is 0 Å². The van der Waals surface area contributed by atoms with Crippen molar-refractivity contribution >= 4 is 39.3 Å². The van der Waals surface area contributed by atoms with E-state index in [1.54, 1.807) is 0 Å². The van der Waals surface area contributed by atoms with Gasteiger partial charge < -0.3 is 9.88 Å². The van der Waals surface area contributed by atoms with Gasteiger partial charge in [-0.2, -0.15) is 0 Å². The van der Waals surface area contributed by atoms with E-state index in [4.69, 9.17) is 0 Å². The number of anilines is 2. The van der Waals surface area contributed by atoms with Crippen LogP contribution in [0.4, 0.5) is 11.4 Å². The molecule has 10 rings (SSSR count). The average molecular weight is 627 g/mol. The van der Waals surface area contributed by atoms with Crippen molar-refractivity contribution in [3.63, 3.8) is 0 Å². The number of nitrogens with one attached hydrogen (secondary N) is 1. The van der Waals surface area contributed by atoms with Crippen molar-refractivity contribution in [2.24, 2.45) is 5.92 Å². The van der Waals surface area contributed by atoms with Crippen LogP contribution in [0.15, 0.2) is 158 Å². The Labute approximate surface area is 286 Å². The third-order valence-electron chi connectivity index (χ3n) is 10.5. The van der Waals surface area contributed by atoms with E-state index in [-0.39, 0.29) is 0 Å². The fourth-order valence-corrected chi connectivity index (χ4v) is 8.04. The third-order valence-corrected chi connectivity index (χ3v) is 10.5. The summed E-state index contributed by atoms with van der Waals surface area (Å²) in [5.74, 6) is 0.587. The van der Waals surface area contributed by atoms with Gasteiger partial charge in [-0.25, -0.2) is 0 Å². The number of hydrogen-bond donors (Lipinski definition) is 1. The van der Waals surface area contributed by atoms with E-state index in [0.29, 0.717) is 5.92 Å². The van der Waals surface area contributed by atoms with Gasteiger partial charge in [-0.3, -0.25) is 0 Å². The van der Waals surface area contributed by atoms with E-state index in [9.17, 15) is 0 Å². The summed E-state index contributed by atoms with van der Waals surface area (Å²) in [4.78, 5) is 0. The van der Waals surface area contributed by atoms with E-state index in [1.165, 1.54) is 83.1 Å². The van der Waals surface area contributed by atoms with E-state index in [2.05, 4.69) is 181 Å². The molecule has 2 aliphatic rings. The van der Waals surface area contributed by atoms with Gasteiger partial charge in [0.2, 0.25) is 0 Å². The predicted octanol–water partition coefficient (Wildman–Crippen LogP) is 12.7. The van der Waals surface area contributed by atoms with E-state index < -0.39 is 0 Å². The fourth-order valence-electron chi connectivity index (χ4n) is 8.04. The standard InChI is InChI=1S/C47H34N2/c1-30-17-18-32-27-37(22-19-31(32)25-30)49-46-16-7-5-14-41(46)43-29-34(21-24-47(43)49)33-20-23-45-42(28-33)36-10-8-9-35(26-36)38-11-2-3-12-39(38)40-13-4-6-15-44(40)48-45/h2-24,26-30,48H,25H2,1H3. The van der Waals surface area contributed by atoms with Crippen LogP contribution in [-0.2, 0) is 6.42 Å². The summed E-state index contributed by atoms with van der Waals surface area (Å²) in [6.07, 6.45) is 5.73. The first-order valence-corrected chi connectivity index (χ1v) is 17.2. The molecular weight excluding hydrogens is 593 g/mol. The predicted molar refractivity (Wildman–Crippen MR) is 208 cm³/mol. The molecule has 2 heterocycles. The molecule has 1 aromatic heterocycles. The molecule has 2 nitrogen and oxygen atoms in total. The molecule has 0 fully saturated rings. The highest BCUT2D eigenvalue weighted by molar-refractivity contribution is 6.10. The normalized spacial score (nSPS) is 14.4. The molecule has 7 aromatic carbocycles. The van der Waals surface area contributed by atoms with Crippen LogP contribution >= 0.6 is 0 Å². The lowest BCUT2D eigenvalue weighted by atomic mass is 9.89. The molecule has 2 bridgehead atoms. The van der Waals surface area contributed by atoms with Crippen molar-refractivity contribution < 1.29 is 0 Å². The second-order valence-corrected chi connectivity index (χ2v) is 13.6. The lowest BCUT2D eigenvalue weighted by molar-refractivity contribution is 0.717. The number of fused-ring (bicyclic) bond motifs is 12. The smallest absolute Gasteiger partial charge is 0.0541 e. The molecule has 0 saturated carbocycles. The van der Waals surface area contributed by atoms with Crippen LogP contribution in [-0.4, -0.2) is 4.57 Å². The van der Waals surface area contributed by atoms with Crippen LogP contribution in [0.2, 0.25) is 0 Å². The summed E-state index contributed by atoms with van der Waals surface area (Å²) in [7, 11) is 0. The van der Waals surface area contributed by atoms with Gasteiger partial charge in [0, 0.05) is 39.0 Å². The van der Waals surface area contributed by atoms with Crippen molar-refractivity contribution in [1.82, 2.24) is 4.57 Å². The molecule has 0 saturated heterocycles. The number of aromatic nitrogens is 1. The summed E-state index contributed by atoms with van der Waals surface area (Å²) in [6.45, 7) is 2.29. The van der Waals surface area contributed by atoms with Gasteiger partial charge in [-0.05, 0) is 111 Å². The summed E-state index contributed by atoms with van der Waals surface area (Å²) in [5.41, 5.74) is 18.3. The fraction of sp³-hybridized carbons (Fsp3) is 0.0638. The van der Waals surface area contributed by atoms with Gasteiger partial charge >= 0.3 is 0 Å². The van der Waals surface area contributed by atoms with Crippen molar-refractivity contribution in [3.8, 4) is 50.2 Å². The summed E-state index contributed by atoms with van der Waals surface area (Å²) in [6, 6.07) is 56.0. The molecule has 49 heavy (non-hydrogen) atoms. The molecule has 232 valence electrons. The lowest BCUT2D eigenvalue weighted by Gasteiger charge is -2.21. The first-order chi connectivity index (χ1) is 24.2. The van der Waals surface area contributed by atoms with Crippen LogP contribution in [0.5, 0.6) is 0 Å². The van der Waals surface area contributed by atoms with Crippen molar-refractivity contribution in [2.75, 3.05) is 5.32 Å². The summed E-state index contributed by atoms with van der Waals surface area (Å²) in [5, 5.41) is 6.36. The van der Waals surface area contributed by atoms with Gasteiger partial charge in [0.15, 0.2) is 0 Å². The molecule has 1 aliphatic carbocycles. The van der Waals surface area contributed by atoms with Crippen LogP contribution in [0.25, 0.3) is 78.1 Å². The van der Waals surface area contributed by atoms with Crippen molar-refractivity contribution in [2.45, 2.75) is 13.3 Å². The second kappa shape index (κ2) is 11.0. The SMILES string of the molecule is CC1C=Cc2cc(-n3c4ccccc4c4cc(-c5ccc6c(c5)-c5cccc(c5)-c5ccccc5-c5ccccc5N6)ccc43)ccc2C1. The molecule has 2 heteroatoms. The van der Waals surface area contributed by atoms with Gasteiger partial charge in [-0.1, -0.05) is 116 Å². The minimum atomic E-state index is 0.587. The Kier molecular flexibility index (Phi) is 6.25. The maximum absolute atomic E-state index is 3.83. The zero-order valence-corrected chi connectivity index (χ0v) is 27.3. The molecule has 0 amide bonds. The highest BCUT2D eigenvalue weighted by Crippen LogP contribution is 2.44. The number of nitrogens with zero attached hydrogens (tertiary/aromatic N) is 1. The number of para-hydroxylation sites is 2. The molecule has 0 radical (unpaired) electrons. The Balaban J connectivity index is 1.14. The molecular formula is C47H34N2. The highest BCUT2D eigenvalue weighted by Gasteiger charge is 2.19. The zero-order valence-electron chi connectivity index (χ0n) is 27.3. The monoisotopic (exact) mass is 626 g/mol. The minimum Gasteiger partial charge on any atom is -0.355 e. The molecule has 1 aliphatic heterocycles. The number of hydrogen-bond acceptors (Lipinski definition) is 1. The van der Waals surface area contributed by atoms with Crippen LogP contribution in [0.1, 0.15) is 18.1 Å². The average Bonchev–Trinajstić information content (AvgIpc) is 3.48. The summed E-state index contributed by atoms with van der Waals surface area (Å²) >= 11 is 0. The van der Waals surface area contributed by atoms with Crippen molar-refractivity contribution in [3.05, 3.63) is 169 Å². The van der Waals surface area contributed by atoms with Gasteiger partial charge in [-0.15, -0.1) is 0 Å². The molecule has 8 aromatic rings. The van der Waals surface area contributed by atoms with Crippen LogP contribution in [0, 0.1) is 5.92 Å². The maximum atomic E-state index is 3.83. The Hall–Kier alpha value is -6.12. The number of benzene rings is 7. The molecule has 1 unspecified atom stereocenters. The third kappa shape index (κ3) is 4.56. The first kappa shape index (κ1) is 27.9. The maximum Gasteiger partial charge on any atom is 0.0541 e. The van der Waals surface area contributed by atoms with Crippen LogP contribution < -0.4 is 5.32 Å². The van der Waals surface area contributed by atoms with Crippen molar-refractivity contribution in [1.29, 1.82) is 0 Å². The largest absolute Gasteiger partial charge is 0.355 e. The van der Waals surface area contributed by atoms with E-state index >= 15 is 0 Å². The second-order valence-electron chi connectivity index (χ2n) is 13.6. The van der Waals surface area contributed by atoms with Gasteiger partial charge in [0.25, 0.3) is 0 Å². The van der Waals surface area contributed by atoms with Gasteiger partial charge in [0.05, 0.1) is 11.0 Å². The zero-order chi connectivity index (χ0) is 32.5.